The number of hydrogen-bond acceptors (Lipinski definition) is 3. The maximum absolute atomic E-state index is 11.8. The number of carbonyl (C=O) groups is 1. The van der Waals surface area contributed by atoms with E-state index in [9.17, 15) is 4.79 Å². The summed E-state index contributed by atoms with van der Waals surface area (Å²) >= 11 is 6.16. The first kappa shape index (κ1) is 13.4. The Kier molecular flexibility index (Phi) is 4.25. The predicted octanol–water partition coefficient (Wildman–Crippen LogP) is 2.97. The lowest BCUT2D eigenvalue weighted by molar-refractivity contribution is 0.0994. The van der Waals surface area contributed by atoms with Crippen LogP contribution in [0.15, 0.2) is 12.1 Å². The van der Waals surface area contributed by atoms with Gasteiger partial charge in [0.25, 0.3) is 0 Å². The molecule has 18 heavy (non-hydrogen) atoms. The number of carbonyl (C=O) groups excluding carboxylic acids is 1. The summed E-state index contributed by atoms with van der Waals surface area (Å²) in [5.74, 6) is 0.956. The number of hydrogen-bond donors (Lipinski definition) is 1. The van der Waals surface area contributed by atoms with E-state index < -0.39 is 0 Å². The second kappa shape index (κ2) is 5.72. The molecule has 1 fully saturated rings. The molecule has 1 aromatic rings. The van der Waals surface area contributed by atoms with Gasteiger partial charge in [-0.15, -0.1) is 0 Å². The number of Topliss-reactive ketones (excluding diaryl/α,β-unsaturated/α-hetero) is 1. The third kappa shape index (κ3) is 2.85. The number of benzene rings is 1. The molecule has 2 rings (SSSR count). The van der Waals surface area contributed by atoms with Gasteiger partial charge >= 0.3 is 0 Å². The summed E-state index contributed by atoms with van der Waals surface area (Å²) in [5.41, 5.74) is 6.86. The highest BCUT2D eigenvalue weighted by atomic mass is 35.5. The van der Waals surface area contributed by atoms with Crippen LogP contribution < -0.4 is 10.5 Å². The number of ketones is 1. The zero-order valence-electron chi connectivity index (χ0n) is 10.5. The Morgan fingerprint density at radius 2 is 2.22 bits per heavy atom. The maximum Gasteiger partial charge on any atom is 0.180 e. The predicted molar refractivity (Wildman–Crippen MR) is 72.4 cm³/mol. The van der Waals surface area contributed by atoms with Crippen molar-refractivity contribution in [1.82, 2.24) is 0 Å². The second-order valence-electron chi connectivity index (χ2n) is 4.86. The fraction of sp³-hybridized carbons (Fsp3) is 0.500. The molecule has 4 heteroatoms. The molecular formula is C14H18ClNO2. The van der Waals surface area contributed by atoms with Crippen molar-refractivity contribution in [3.8, 4) is 5.75 Å². The van der Waals surface area contributed by atoms with Crippen LogP contribution in [0.2, 0.25) is 5.02 Å². The van der Waals surface area contributed by atoms with E-state index in [0.717, 1.165) is 5.56 Å². The van der Waals surface area contributed by atoms with Gasteiger partial charge in [-0.3, -0.25) is 4.79 Å². The molecule has 0 radical (unpaired) electrons. The first-order valence-corrected chi connectivity index (χ1v) is 6.66. The van der Waals surface area contributed by atoms with Gasteiger partial charge in [-0.05, 0) is 43.4 Å². The summed E-state index contributed by atoms with van der Waals surface area (Å²) in [7, 11) is 0. The van der Waals surface area contributed by atoms with Crippen molar-refractivity contribution in [2.75, 3.05) is 13.2 Å². The fourth-order valence-corrected chi connectivity index (χ4v) is 2.38. The van der Waals surface area contributed by atoms with E-state index in [1.165, 1.54) is 19.3 Å². The first-order chi connectivity index (χ1) is 8.61. The van der Waals surface area contributed by atoms with Crippen molar-refractivity contribution in [1.29, 1.82) is 0 Å². The minimum absolute atomic E-state index is 0.0282. The van der Waals surface area contributed by atoms with E-state index in [4.69, 9.17) is 22.1 Å². The summed E-state index contributed by atoms with van der Waals surface area (Å²) in [4.78, 5) is 11.8. The molecule has 2 N–H and O–H groups in total. The molecule has 0 aromatic heterocycles. The number of rotatable bonds is 5. The van der Waals surface area contributed by atoms with Gasteiger partial charge in [0.05, 0.1) is 23.7 Å². The van der Waals surface area contributed by atoms with Gasteiger partial charge in [-0.25, -0.2) is 0 Å². The normalized spacial score (nSPS) is 15.3. The minimum Gasteiger partial charge on any atom is -0.491 e. The van der Waals surface area contributed by atoms with Gasteiger partial charge in [-0.2, -0.15) is 0 Å². The molecule has 0 spiro atoms. The molecule has 0 aliphatic heterocycles. The van der Waals surface area contributed by atoms with Crippen molar-refractivity contribution in [2.24, 2.45) is 11.7 Å². The fourth-order valence-electron chi connectivity index (χ4n) is 2.05. The van der Waals surface area contributed by atoms with Crippen LogP contribution in [0, 0.1) is 12.8 Å². The Hall–Kier alpha value is -1.06. The zero-order chi connectivity index (χ0) is 13.1. The first-order valence-electron chi connectivity index (χ1n) is 6.28. The van der Waals surface area contributed by atoms with Gasteiger partial charge in [-0.1, -0.05) is 18.0 Å². The molecule has 1 aliphatic rings. The van der Waals surface area contributed by atoms with E-state index in [-0.39, 0.29) is 12.3 Å². The van der Waals surface area contributed by atoms with E-state index in [0.29, 0.717) is 28.9 Å². The van der Waals surface area contributed by atoms with E-state index in [1.54, 1.807) is 6.07 Å². The molecule has 0 saturated heterocycles. The SMILES string of the molecule is Cc1cc(Cl)c(OCC2CCC2)c(C(=O)CN)c1. The third-order valence-corrected chi connectivity index (χ3v) is 3.64. The molecule has 0 bridgehead atoms. The standard InChI is InChI=1S/C14H18ClNO2/c1-9-5-11(13(17)7-16)14(12(15)6-9)18-8-10-3-2-4-10/h5-6,10H,2-4,7-8,16H2,1H3. The highest BCUT2D eigenvalue weighted by Crippen LogP contribution is 2.33. The quantitative estimate of drug-likeness (QED) is 0.835. The molecule has 3 nitrogen and oxygen atoms in total. The average molecular weight is 268 g/mol. The summed E-state index contributed by atoms with van der Waals surface area (Å²) in [5, 5.41) is 0.492. The zero-order valence-corrected chi connectivity index (χ0v) is 11.3. The molecule has 1 aliphatic carbocycles. The molecule has 1 aromatic carbocycles. The third-order valence-electron chi connectivity index (χ3n) is 3.36. The summed E-state index contributed by atoms with van der Waals surface area (Å²) < 4.78 is 5.74. The van der Waals surface area contributed by atoms with Crippen LogP contribution in [-0.2, 0) is 0 Å². The Labute approximate surface area is 112 Å². The lowest BCUT2D eigenvalue weighted by Gasteiger charge is -2.26. The molecule has 0 heterocycles. The Bertz CT molecular complexity index is 455. The minimum atomic E-state index is -0.135. The van der Waals surface area contributed by atoms with Crippen molar-refractivity contribution in [3.63, 3.8) is 0 Å². The van der Waals surface area contributed by atoms with Gasteiger partial charge in [0.15, 0.2) is 5.78 Å². The molecule has 0 amide bonds. The van der Waals surface area contributed by atoms with Crippen molar-refractivity contribution in [3.05, 3.63) is 28.3 Å². The van der Waals surface area contributed by atoms with Crippen LogP contribution in [0.25, 0.3) is 0 Å². The van der Waals surface area contributed by atoms with Gasteiger partial charge in [0, 0.05) is 0 Å². The summed E-state index contributed by atoms with van der Waals surface area (Å²) in [6, 6.07) is 3.60. The van der Waals surface area contributed by atoms with Crippen LogP contribution in [-0.4, -0.2) is 18.9 Å². The average Bonchev–Trinajstić information content (AvgIpc) is 2.28. The van der Waals surface area contributed by atoms with E-state index in [2.05, 4.69) is 0 Å². The number of nitrogens with two attached hydrogens (primary N) is 1. The lowest BCUT2D eigenvalue weighted by atomic mass is 9.86. The molecule has 1 saturated carbocycles. The number of aryl methyl sites for hydroxylation is 1. The Balaban J connectivity index is 2.21. The summed E-state index contributed by atoms with van der Waals surface area (Å²) in [6.45, 7) is 2.50. The van der Waals surface area contributed by atoms with Crippen molar-refractivity contribution >= 4 is 17.4 Å². The van der Waals surface area contributed by atoms with Gasteiger partial charge < -0.3 is 10.5 Å². The second-order valence-corrected chi connectivity index (χ2v) is 5.27. The van der Waals surface area contributed by atoms with Crippen LogP contribution >= 0.6 is 11.6 Å². The van der Waals surface area contributed by atoms with Crippen molar-refractivity contribution in [2.45, 2.75) is 26.2 Å². The smallest absolute Gasteiger partial charge is 0.180 e. The topological polar surface area (TPSA) is 52.3 Å². The Morgan fingerprint density at radius 1 is 1.50 bits per heavy atom. The van der Waals surface area contributed by atoms with Crippen LogP contribution in [0.5, 0.6) is 5.75 Å². The maximum atomic E-state index is 11.8. The molecule has 0 atom stereocenters. The van der Waals surface area contributed by atoms with E-state index >= 15 is 0 Å². The lowest BCUT2D eigenvalue weighted by Crippen LogP contribution is -2.21. The number of halogens is 1. The van der Waals surface area contributed by atoms with Crippen LogP contribution in [0.3, 0.4) is 0 Å². The largest absolute Gasteiger partial charge is 0.491 e. The van der Waals surface area contributed by atoms with Crippen LogP contribution in [0.1, 0.15) is 35.2 Å². The van der Waals surface area contributed by atoms with Crippen molar-refractivity contribution < 1.29 is 9.53 Å². The summed E-state index contributed by atoms with van der Waals surface area (Å²) in [6.07, 6.45) is 3.66. The van der Waals surface area contributed by atoms with Gasteiger partial charge in [0.2, 0.25) is 0 Å². The van der Waals surface area contributed by atoms with Crippen LogP contribution in [0.4, 0.5) is 0 Å². The van der Waals surface area contributed by atoms with Gasteiger partial charge in [0.1, 0.15) is 5.75 Å². The Morgan fingerprint density at radius 3 is 2.78 bits per heavy atom. The number of ether oxygens (including phenoxy) is 1. The highest BCUT2D eigenvalue weighted by molar-refractivity contribution is 6.32. The molecular weight excluding hydrogens is 250 g/mol. The van der Waals surface area contributed by atoms with E-state index in [1.807, 2.05) is 13.0 Å². The molecule has 98 valence electrons. The highest BCUT2D eigenvalue weighted by Gasteiger charge is 2.21. The molecule has 0 unspecified atom stereocenters. The monoisotopic (exact) mass is 267 g/mol.